The fourth-order valence-corrected chi connectivity index (χ4v) is 3.40. The van der Waals surface area contributed by atoms with Gasteiger partial charge in [-0.1, -0.05) is 0 Å². The minimum atomic E-state index is -0.435. The smallest absolute Gasteiger partial charge is 0.263 e. The van der Waals surface area contributed by atoms with E-state index >= 15 is 0 Å². The molecule has 8 heteroatoms. The summed E-state index contributed by atoms with van der Waals surface area (Å²) in [7, 11) is 0. The Labute approximate surface area is 167 Å². The van der Waals surface area contributed by atoms with Gasteiger partial charge < -0.3 is 19.0 Å². The van der Waals surface area contributed by atoms with Gasteiger partial charge in [-0.2, -0.15) is 0 Å². The summed E-state index contributed by atoms with van der Waals surface area (Å²) in [6, 6.07) is 8.80. The first-order chi connectivity index (χ1) is 14.0. The fourth-order valence-electron chi connectivity index (χ4n) is 3.40. The molecule has 1 fully saturated rings. The number of anilines is 1. The van der Waals surface area contributed by atoms with Crippen LogP contribution in [0.15, 0.2) is 45.7 Å². The summed E-state index contributed by atoms with van der Waals surface area (Å²) in [5.41, 5.74) is 1.79. The molecule has 0 radical (unpaired) electrons. The standard InChI is InChI=1S/C21H22N4O4/c1-13-9-10-25(12-17-4-3-11-28-17)21(27)18(13)19(26)22-16-7-5-15(6-8-16)20-24-23-14(2)29-20/h5-10,17H,3-4,11-12H2,1-2H3,(H,22,26). The van der Waals surface area contributed by atoms with Crippen LogP contribution >= 0.6 is 0 Å². The van der Waals surface area contributed by atoms with Crippen LogP contribution in [0.5, 0.6) is 0 Å². The topological polar surface area (TPSA) is 99.3 Å². The number of aromatic nitrogens is 3. The summed E-state index contributed by atoms with van der Waals surface area (Å²) in [6.45, 7) is 4.65. The number of carbonyl (C=O) groups is 1. The first kappa shape index (κ1) is 19.1. The van der Waals surface area contributed by atoms with Gasteiger partial charge >= 0.3 is 0 Å². The normalized spacial score (nSPS) is 16.1. The molecule has 1 aliphatic rings. The van der Waals surface area contributed by atoms with Crippen molar-refractivity contribution in [1.82, 2.24) is 14.8 Å². The van der Waals surface area contributed by atoms with Gasteiger partial charge in [0.25, 0.3) is 11.5 Å². The van der Waals surface area contributed by atoms with Gasteiger partial charge in [0, 0.05) is 31.0 Å². The highest BCUT2D eigenvalue weighted by molar-refractivity contribution is 6.05. The van der Waals surface area contributed by atoms with Gasteiger partial charge in [0.15, 0.2) is 0 Å². The molecule has 0 aliphatic carbocycles. The Kier molecular flexibility index (Phi) is 5.26. The summed E-state index contributed by atoms with van der Waals surface area (Å²) in [5, 5.41) is 10.6. The highest BCUT2D eigenvalue weighted by Gasteiger charge is 2.20. The lowest BCUT2D eigenvalue weighted by Crippen LogP contribution is -2.32. The number of nitrogens with zero attached hydrogens (tertiary/aromatic N) is 3. The van der Waals surface area contributed by atoms with E-state index in [-0.39, 0.29) is 17.2 Å². The first-order valence-electron chi connectivity index (χ1n) is 9.55. The Morgan fingerprint density at radius 2 is 2.00 bits per heavy atom. The maximum absolute atomic E-state index is 12.9. The average Bonchev–Trinajstić information content (AvgIpc) is 3.36. The number of amides is 1. The van der Waals surface area contributed by atoms with Crippen molar-refractivity contribution in [2.45, 2.75) is 39.3 Å². The van der Waals surface area contributed by atoms with Crippen molar-refractivity contribution in [3.05, 3.63) is 63.9 Å². The van der Waals surface area contributed by atoms with Crippen molar-refractivity contribution in [1.29, 1.82) is 0 Å². The third-order valence-electron chi connectivity index (χ3n) is 4.94. The number of hydrogen-bond acceptors (Lipinski definition) is 6. The van der Waals surface area contributed by atoms with E-state index in [2.05, 4.69) is 15.5 Å². The number of carbonyl (C=O) groups excluding carboxylic acids is 1. The molecule has 0 bridgehead atoms. The van der Waals surface area contributed by atoms with Gasteiger partial charge in [-0.15, -0.1) is 10.2 Å². The second-order valence-electron chi connectivity index (χ2n) is 7.12. The van der Waals surface area contributed by atoms with E-state index in [1.165, 1.54) is 0 Å². The molecule has 8 nitrogen and oxygen atoms in total. The van der Waals surface area contributed by atoms with Crippen LogP contribution in [-0.4, -0.2) is 33.4 Å². The number of benzene rings is 1. The molecule has 1 saturated heterocycles. The lowest BCUT2D eigenvalue weighted by atomic mass is 10.1. The summed E-state index contributed by atoms with van der Waals surface area (Å²) in [4.78, 5) is 25.7. The number of nitrogens with one attached hydrogen (secondary N) is 1. The Morgan fingerprint density at radius 1 is 1.21 bits per heavy atom. The van der Waals surface area contributed by atoms with E-state index in [9.17, 15) is 9.59 Å². The zero-order chi connectivity index (χ0) is 20.4. The van der Waals surface area contributed by atoms with Gasteiger partial charge in [-0.3, -0.25) is 9.59 Å². The van der Waals surface area contributed by atoms with Crippen molar-refractivity contribution < 1.29 is 13.9 Å². The molecule has 3 heterocycles. The minimum absolute atomic E-state index is 0.0206. The Hall–Kier alpha value is -3.26. The van der Waals surface area contributed by atoms with Crippen LogP contribution in [-0.2, 0) is 11.3 Å². The van der Waals surface area contributed by atoms with Gasteiger partial charge in [0.2, 0.25) is 11.8 Å². The maximum Gasteiger partial charge on any atom is 0.263 e. The van der Waals surface area contributed by atoms with Gasteiger partial charge in [0.1, 0.15) is 5.56 Å². The van der Waals surface area contributed by atoms with E-state index in [4.69, 9.17) is 9.15 Å². The van der Waals surface area contributed by atoms with E-state index in [0.717, 1.165) is 25.0 Å². The third kappa shape index (κ3) is 4.12. The van der Waals surface area contributed by atoms with Crippen LogP contribution in [0.25, 0.3) is 11.5 Å². The highest BCUT2D eigenvalue weighted by atomic mass is 16.5. The van der Waals surface area contributed by atoms with Gasteiger partial charge in [-0.25, -0.2) is 0 Å². The molecule has 0 spiro atoms. The Morgan fingerprint density at radius 3 is 2.66 bits per heavy atom. The minimum Gasteiger partial charge on any atom is -0.421 e. The zero-order valence-electron chi connectivity index (χ0n) is 16.3. The predicted molar refractivity (Wildman–Crippen MR) is 107 cm³/mol. The lowest BCUT2D eigenvalue weighted by Gasteiger charge is -2.14. The van der Waals surface area contributed by atoms with E-state index < -0.39 is 5.91 Å². The van der Waals surface area contributed by atoms with Crippen molar-refractivity contribution in [2.75, 3.05) is 11.9 Å². The number of rotatable bonds is 5. The molecule has 1 aromatic carbocycles. The number of aryl methyl sites for hydroxylation is 2. The average molecular weight is 394 g/mol. The van der Waals surface area contributed by atoms with Crippen molar-refractivity contribution >= 4 is 11.6 Å². The Balaban J connectivity index is 1.52. The molecule has 4 rings (SSSR count). The second-order valence-corrected chi connectivity index (χ2v) is 7.12. The van der Waals surface area contributed by atoms with Crippen LogP contribution in [0.3, 0.4) is 0 Å². The molecule has 1 amide bonds. The molecule has 150 valence electrons. The molecular weight excluding hydrogens is 372 g/mol. The highest BCUT2D eigenvalue weighted by Crippen LogP contribution is 2.20. The lowest BCUT2D eigenvalue weighted by molar-refractivity contribution is 0.0952. The molecule has 1 atom stereocenters. The van der Waals surface area contributed by atoms with E-state index in [0.29, 0.717) is 29.6 Å². The summed E-state index contributed by atoms with van der Waals surface area (Å²) in [6.07, 6.45) is 3.66. The van der Waals surface area contributed by atoms with Gasteiger partial charge in [-0.05, 0) is 55.7 Å². The largest absolute Gasteiger partial charge is 0.421 e. The molecule has 3 aromatic rings. The Bertz CT molecular complexity index is 1080. The molecule has 2 aromatic heterocycles. The maximum atomic E-state index is 12.9. The first-order valence-corrected chi connectivity index (χ1v) is 9.55. The quantitative estimate of drug-likeness (QED) is 0.714. The van der Waals surface area contributed by atoms with Crippen LogP contribution in [0.4, 0.5) is 5.69 Å². The fraction of sp³-hybridized carbons (Fsp3) is 0.333. The number of ether oxygens (including phenoxy) is 1. The van der Waals surface area contributed by atoms with Crippen molar-refractivity contribution in [2.24, 2.45) is 0 Å². The summed E-state index contributed by atoms with van der Waals surface area (Å²) < 4.78 is 12.6. The zero-order valence-corrected chi connectivity index (χ0v) is 16.3. The monoisotopic (exact) mass is 394 g/mol. The van der Waals surface area contributed by atoms with Crippen molar-refractivity contribution in [3.8, 4) is 11.5 Å². The van der Waals surface area contributed by atoms with Crippen LogP contribution in [0.2, 0.25) is 0 Å². The molecule has 29 heavy (non-hydrogen) atoms. The van der Waals surface area contributed by atoms with Crippen molar-refractivity contribution in [3.63, 3.8) is 0 Å². The molecule has 1 aliphatic heterocycles. The third-order valence-corrected chi connectivity index (χ3v) is 4.94. The van der Waals surface area contributed by atoms with E-state index in [1.54, 1.807) is 54.9 Å². The van der Waals surface area contributed by atoms with Crippen LogP contribution in [0.1, 0.15) is 34.7 Å². The number of pyridine rings is 1. The van der Waals surface area contributed by atoms with Crippen LogP contribution < -0.4 is 10.9 Å². The molecule has 1 unspecified atom stereocenters. The molecule has 0 saturated carbocycles. The second kappa shape index (κ2) is 8.00. The summed E-state index contributed by atoms with van der Waals surface area (Å²) >= 11 is 0. The predicted octanol–water partition coefficient (Wildman–Crippen LogP) is 2.95. The number of hydrogen-bond donors (Lipinski definition) is 1. The molecule has 1 N–H and O–H groups in total. The van der Waals surface area contributed by atoms with Gasteiger partial charge in [0.05, 0.1) is 12.6 Å². The van der Waals surface area contributed by atoms with E-state index in [1.807, 2.05) is 0 Å². The molecular formula is C21H22N4O4. The van der Waals surface area contributed by atoms with Crippen LogP contribution in [0, 0.1) is 13.8 Å². The SMILES string of the molecule is Cc1nnc(-c2ccc(NC(=O)c3c(C)ccn(CC4CCCO4)c3=O)cc2)o1. The summed E-state index contributed by atoms with van der Waals surface area (Å²) in [5.74, 6) is 0.461.